The molecular formula is C16H16N4O2S4. The van der Waals surface area contributed by atoms with Crippen molar-refractivity contribution in [3.05, 3.63) is 32.3 Å². The Labute approximate surface area is 168 Å². The van der Waals surface area contributed by atoms with Crippen molar-refractivity contribution < 1.29 is 9.59 Å². The summed E-state index contributed by atoms with van der Waals surface area (Å²) >= 11 is 9.35. The molecule has 0 bridgehead atoms. The van der Waals surface area contributed by atoms with Crippen LogP contribution in [0.5, 0.6) is 0 Å². The van der Waals surface area contributed by atoms with E-state index in [1.807, 2.05) is 17.5 Å². The first-order chi connectivity index (χ1) is 12.4. The van der Waals surface area contributed by atoms with Gasteiger partial charge in [0.15, 0.2) is 0 Å². The van der Waals surface area contributed by atoms with Crippen molar-refractivity contribution in [3.63, 3.8) is 0 Å². The molecule has 0 aromatic carbocycles. The van der Waals surface area contributed by atoms with Crippen molar-refractivity contribution in [1.82, 2.24) is 15.1 Å². The number of aromatic nitrogens is 2. The molecule has 1 aliphatic heterocycles. The molecule has 1 N–H and O–H groups in total. The number of nitrogens with zero attached hydrogens (tertiary/aromatic N) is 3. The summed E-state index contributed by atoms with van der Waals surface area (Å²) in [4.78, 5) is 27.6. The molecule has 10 heteroatoms. The van der Waals surface area contributed by atoms with Crippen molar-refractivity contribution in [2.24, 2.45) is 5.92 Å². The Hall–Kier alpha value is -1.62. The number of rotatable bonds is 6. The molecule has 1 fully saturated rings. The van der Waals surface area contributed by atoms with Crippen LogP contribution in [0.4, 0.5) is 5.13 Å². The monoisotopic (exact) mass is 424 g/mol. The molecule has 1 saturated heterocycles. The molecule has 136 valence electrons. The first kappa shape index (κ1) is 19.2. The smallest absolute Gasteiger partial charge is 0.266 e. The summed E-state index contributed by atoms with van der Waals surface area (Å²) < 4.78 is 0.380. The van der Waals surface area contributed by atoms with Gasteiger partial charge in [-0.3, -0.25) is 19.8 Å². The Bertz CT molecular complexity index is 857. The van der Waals surface area contributed by atoms with E-state index in [2.05, 4.69) is 29.4 Å². The van der Waals surface area contributed by atoms with Gasteiger partial charge in [0, 0.05) is 11.3 Å². The van der Waals surface area contributed by atoms with Gasteiger partial charge in [-0.15, -0.1) is 21.5 Å². The second kappa shape index (κ2) is 8.38. The van der Waals surface area contributed by atoms with Gasteiger partial charge in [0.2, 0.25) is 11.0 Å². The maximum absolute atomic E-state index is 12.5. The van der Waals surface area contributed by atoms with Crippen LogP contribution in [0.2, 0.25) is 0 Å². The van der Waals surface area contributed by atoms with Crippen LogP contribution in [0.1, 0.15) is 23.7 Å². The third-order valence-corrected chi connectivity index (χ3v) is 6.35. The highest BCUT2D eigenvalue weighted by molar-refractivity contribution is 8.26. The summed E-state index contributed by atoms with van der Waals surface area (Å²) in [5.41, 5.74) is 0. The van der Waals surface area contributed by atoms with Crippen molar-refractivity contribution in [2.75, 3.05) is 11.9 Å². The van der Waals surface area contributed by atoms with E-state index in [1.54, 1.807) is 6.08 Å². The SMILES string of the molecule is CC(C)Cc1nnc(NC(=O)CN2C(=O)/C(=C\c3cccs3)SC2=S)s1. The summed E-state index contributed by atoms with van der Waals surface area (Å²) in [6.45, 7) is 4.06. The molecule has 0 radical (unpaired) electrons. The zero-order chi connectivity index (χ0) is 18.7. The first-order valence-corrected chi connectivity index (χ1v) is 10.8. The lowest BCUT2D eigenvalue weighted by Crippen LogP contribution is -2.36. The van der Waals surface area contributed by atoms with Crippen molar-refractivity contribution in [3.8, 4) is 0 Å². The van der Waals surface area contributed by atoms with Gasteiger partial charge in [-0.25, -0.2) is 0 Å². The number of thioether (sulfide) groups is 1. The van der Waals surface area contributed by atoms with Gasteiger partial charge >= 0.3 is 0 Å². The summed E-state index contributed by atoms with van der Waals surface area (Å²) in [6, 6.07) is 3.84. The minimum atomic E-state index is -0.342. The number of hydrogen-bond donors (Lipinski definition) is 1. The van der Waals surface area contributed by atoms with Crippen LogP contribution in [0.15, 0.2) is 22.4 Å². The molecule has 0 saturated carbocycles. The molecular weight excluding hydrogens is 408 g/mol. The van der Waals surface area contributed by atoms with E-state index < -0.39 is 0 Å². The van der Waals surface area contributed by atoms with E-state index >= 15 is 0 Å². The number of amides is 2. The van der Waals surface area contributed by atoms with Gasteiger partial charge in [-0.2, -0.15) is 0 Å². The third-order valence-electron chi connectivity index (χ3n) is 3.29. The minimum absolute atomic E-state index is 0.133. The van der Waals surface area contributed by atoms with Gasteiger partial charge < -0.3 is 0 Å². The average Bonchev–Trinajstić information content (AvgIpc) is 3.27. The van der Waals surface area contributed by atoms with E-state index in [-0.39, 0.29) is 18.4 Å². The quantitative estimate of drug-likeness (QED) is 0.564. The maximum Gasteiger partial charge on any atom is 0.266 e. The molecule has 2 aromatic rings. The number of carbonyl (C=O) groups is 2. The Morgan fingerprint density at radius 2 is 2.23 bits per heavy atom. The molecule has 1 aliphatic rings. The summed E-state index contributed by atoms with van der Waals surface area (Å²) in [6.07, 6.45) is 2.61. The number of hydrogen-bond acceptors (Lipinski definition) is 8. The Morgan fingerprint density at radius 3 is 2.92 bits per heavy atom. The zero-order valence-corrected chi connectivity index (χ0v) is 17.4. The lowest BCUT2D eigenvalue weighted by atomic mass is 10.1. The molecule has 26 heavy (non-hydrogen) atoms. The average molecular weight is 425 g/mol. The van der Waals surface area contributed by atoms with Gasteiger partial charge in [0.05, 0.1) is 4.91 Å². The predicted molar refractivity (Wildman–Crippen MR) is 111 cm³/mol. The standard InChI is InChI=1S/C16H16N4O2S4/c1-9(2)6-13-18-19-15(26-13)17-12(21)8-20-14(22)11(25-16(20)23)7-10-4-3-5-24-10/h3-5,7,9H,6,8H2,1-2H3,(H,17,19,21)/b11-7+. The summed E-state index contributed by atoms with van der Waals surface area (Å²) in [7, 11) is 0. The normalized spacial score (nSPS) is 16.1. The van der Waals surface area contributed by atoms with Crippen LogP contribution in [-0.2, 0) is 16.0 Å². The van der Waals surface area contributed by atoms with E-state index in [4.69, 9.17) is 12.2 Å². The van der Waals surface area contributed by atoms with Gasteiger partial charge in [0.1, 0.15) is 15.9 Å². The van der Waals surface area contributed by atoms with E-state index in [0.29, 0.717) is 20.3 Å². The lowest BCUT2D eigenvalue weighted by Gasteiger charge is -2.13. The predicted octanol–water partition coefficient (Wildman–Crippen LogP) is 3.64. The fourth-order valence-corrected chi connectivity index (χ4v) is 5.12. The van der Waals surface area contributed by atoms with Gasteiger partial charge in [-0.1, -0.05) is 55.2 Å². The Balaban J connectivity index is 1.61. The highest BCUT2D eigenvalue weighted by Gasteiger charge is 2.33. The maximum atomic E-state index is 12.5. The van der Waals surface area contributed by atoms with Crippen LogP contribution >= 0.6 is 46.7 Å². The number of thiophene rings is 1. The zero-order valence-electron chi connectivity index (χ0n) is 14.1. The largest absolute Gasteiger partial charge is 0.299 e. The van der Waals surface area contributed by atoms with Crippen LogP contribution in [0.3, 0.4) is 0 Å². The van der Waals surface area contributed by atoms with E-state index in [9.17, 15) is 9.59 Å². The Morgan fingerprint density at radius 1 is 1.42 bits per heavy atom. The second-order valence-corrected chi connectivity index (χ2v) is 9.65. The first-order valence-electron chi connectivity index (χ1n) is 7.83. The Kier molecular flexibility index (Phi) is 6.17. The molecule has 0 unspecified atom stereocenters. The van der Waals surface area contributed by atoms with Crippen molar-refractivity contribution in [1.29, 1.82) is 0 Å². The van der Waals surface area contributed by atoms with Crippen LogP contribution in [0.25, 0.3) is 6.08 Å². The number of nitrogens with one attached hydrogen (secondary N) is 1. The van der Waals surface area contributed by atoms with E-state index in [1.165, 1.54) is 39.3 Å². The molecule has 3 rings (SSSR count). The number of thiocarbonyl (C=S) groups is 1. The minimum Gasteiger partial charge on any atom is -0.299 e. The van der Waals surface area contributed by atoms with Crippen LogP contribution in [-0.4, -0.2) is 37.8 Å². The molecule has 2 aromatic heterocycles. The molecule has 0 aliphatic carbocycles. The van der Waals surface area contributed by atoms with Crippen molar-refractivity contribution in [2.45, 2.75) is 20.3 Å². The van der Waals surface area contributed by atoms with Crippen LogP contribution in [0, 0.1) is 5.92 Å². The fourth-order valence-electron chi connectivity index (χ4n) is 2.18. The molecule has 6 nitrogen and oxygen atoms in total. The van der Waals surface area contributed by atoms with Gasteiger partial charge in [-0.05, 0) is 23.4 Å². The topological polar surface area (TPSA) is 75.2 Å². The fraction of sp³-hybridized carbons (Fsp3) is 0.312. The van der Waals surface area contributed by atoms with Crippen molar-refractivity contribution >= 4 is 74.0 Å². The van der Waals surface area contributed by atoms with Gasteiger partial charge in [0.25, 0.3) is 5.91 Å². The summed E-state index contributed by atoms with van der Waals surface area (Å²) in [5.74, 6) is -0.121. The highest BCUT2D eigenvalue weighted by Crippen LogP contribution is 2.33. The molecule has 2 amide bonds. The number of carbonyl (C=O) groups excluding carboxylic acids is 2. The van der Waals surface area contributed by atoms with E-state index in [0.717, 1.165) is 16.3 Å². The molecule has 0 spiro atoms. The molecule has 0 atom stereocenters. The molecule has 3 heterocycles. The second-order valence-electron chi connectivity index (χ2n) is 5.93. The van der Waals surface area contributed by atoms with Crippen LogP contribution < -0.4 is 5.32 Å². The number of anilines is 1. The highest BCUT2D eigenvalue weighted by atomic mass is 32.2. The lowest BCUT2D eigenvalue weighted by molar-refractivity contribution is -0.126. The third kappa shape index (κ3) is 4.76. The summed E-state index contributed by atoms with van der Waals surface area (Å²) in [5, 5.41) is 14.0.